The van der Waals surface area contributed by atoms with Gasteiger partial charge in [0.1, 0.15) is 11.2 Å². The lowest BCUT2D eigenvalue weighted by molar-refractivity contribution is 0.670. The standard InChI is InChI=1S/C60H36O/c1-2-16-38-35-39(30-29-37(38)15-1)42-33-34-54(60-59(42)53-27-13-14-28-56(53)61-60)58-51-25-11-9-23-49(51)57(50-24-10-12-26-52(50)58)48-22-8-3-17-41(48)40-31-32-47-45-20-5-4-18-43(45)44-19-6-7-21-46(44)55(47)36-40/h1-36H. The fourth-order valence-corrected chi connectivity index (χ4v) is 10.4. The third-order valence-corrected chi connectivity index (χ3v) is 13.0. The lowest BCUT2D eigenvalue weighted by Crippen LogP contribution is -1.93. The number of para-hydroxylation sites is 1. The minimum Gasteiger partial charge on any atom is -0.455 e. The molecule has 0 aliphatic heterocycles. The van der Waals surface area contributed by atoms with Crippen molar-refractivity contribution in [2.45, 2.75) is 0 Å². The zero-order valence-electron chi connectivity index (χ0n) is 33.2. The average Bonchev–Trinajstić information content (AvgIpc) is 3.73. The van der Waals surface area contributed by atoms with Gasteiger partial charge in [-0.2, -0.15) is 0 Å². The lowest BCUT2D eigenvalue weighted by atomic mass is 9.83. The van der Waals surface area contributed by atoms with Crippen LogP contribution in [0.2, 0.25) is 0 Å². The van der Waals surface area contributed by atoms with Crippen molar-refractivity contribution in [1.29, 1.82) is 0 Å². The lowest BCUT2D eigenvalue weighted by Gasteiger charge is -2.20. The largest absolute Gasteiger partial charge is 0.455 e. The number of rotatable bonds is 4. The van der Waals surface area contributed by atoms with Crippen molar-refractivity contribution in [1.82, 2.24) is 0 Å². The van der Waals surface area contributed by atoms with Gasteiger partial charge in [0.15, 0.2) is 0 Å². The van der Waals surface area contributed by atoms with Crippen molar-refractivity contribution in [2.75, 3.05) is 0 Å². The zero-order valence-corrected chi connectivity index (χ0v) is 33.2. The SMILES string of the molecule is c1ccc(-c2c3ccccc3c(-c3ccc(-c4ccc5ccccc5c4)c4c3oc3ccccc34)c3ccccc23)c(-c2ccc3c4ccccc4c4ccccc4c3c2)c1. The Bertz CT molecular complexity index is 3850. The van der Waals surface area contributed by atoms with Crippen LogP contribution in [0.25, 0.3) is 131 Å². The number of hydrogen-bond donors (Lipinski definition) is 0. The molecule has 0 amide bonds. The van der Waals surface area contributed by atoms with Crippen LogP contribution in [0.5, 0.6) is 0 Å². The van der Waals surface area contributed by atoms with E-state index in [9.17, 15) is 0 Å². The van der Waals surface area contributed by atoms with Gasteiger partial charge in [-0.1, -0.05) is 194 Å². The Labute approximate surface area is 352 Å². The van der Waals surface area contributed by atoms with Crippen LogP contribution in [0.1, 0.15) is 0 Å². The van der Waals surface area contributed by atoms with E-state index in [4.69, 9.17) is 4.42 Å². The van der Waals surface area contributed by atoms with Gasteiger partial charge in [-0.3, -0.25) is 0 Å². The molecule has 0 aliphatic rings. The second-order valence-electron chi connectivity index (χ2n) is 16.3. The fourth-order valence-electron chi connectivity index (χ4n) is 10.4. The molecule has 0 aliphatic carbocycles. The smallest absolute Gasteiger partial charge is 0.143 e. The summed E-state index contributed by atoms with van der Waals surface area (Å²) in [5, 5.41) is 17.2. The normalized spacial score (nSPS) is 11.9. The Balaban J connectivity index is 1.07. The molecule has 1 aromatic heterocycles. The van der Waals surface area contributed by atoms with Gasteiger partial charge in [0, 0.05) is 21.9 Å². The molecule has 282 valence electrons. The number of benzene rings is 12. The van der Waals surface area contributed by atoms with Gasteiger partial charge in [-0.05, 0) is 122 Å². The maximum absolute atomic E-state index is 6.97. The Kier molecular flexibility index (Phi) is 7.37. The predicted octanol–water partition coefficient (Wildman–Crippen LogP) is 17.2. The minimum absolute atomic E-state index is 0.891. The van der Waals surface area contributed by atoms with E-state index in [1.165, 1.54) is 104 Å². The molecular formula is C60H36O. The van der Waals surface area contributed by atoms with Crippen molar-refractivity contribution in [2.24, 2.45) is 0 Å². The van der Waals surface area contributed by atoms with Gasteiger partial charge in [0.25, 0.3) is 0 Å². The Hall–Kier alpha value is -8.00. The molecule has 1 nitrogen and oxygen atoms in total. The van der Waals surface area contributed by atoms with Crippen LogP contribution in [-0.4, -0.2) is 0 Å². The summed E-state index contributed by atoms with van der Waals surface area (Å²) in [7, 11) is 0. The molecule has 12 aromatic carbocycles. The molecule has 13 rings (SSSR count). The second-order valence-corrected chi connectivity index (χ2v) is 16.3. The zero-order chi connectivity index (χ0) is 40.0. The first kappa shape index (κ1) is 33.9. The van der Waals surface area contributed by atoms with E-state index in [2.05, 4.69) is 218 Å². The van der Waals surface area contributed by atoms with Crippen LogP contribution in [-0.2, 0) is 0 Å². The highest BCUT2D eigenvalue weighted by Gasteiger charge is 2.23. The van der Waals surface area contributed by atoms with E-state index >= 15 is 0 Å². The van der Waals surface area contributed by atoms with Crippen molar-refractivity contribution >= 4 is 86.6 Å². The summed E-state index contributed by atoms with van der Waals surface area (Å²) in [6, 6.07) is 80.0. The number of hydrogen-bond acceptors (Lipinski definition) is 1. The Morgan fingerprint density at radius 1 is 0.246 bits per heavy atom. The summed E-state index contributed by atoms with van der Waals surface area (Å²) in [6.45, 7) is 0. The molecule has 0 atom stereocenters. The molecule has 1 heteroatoms. The molecule has 0 saturated heterocycles. The summed E-state index contributed by atoms with van der Waals surface area (Å²) in [6.07, 6.45) is 0. The summed E-state index contributed by atoms with van der Waals surface area (Å²) < 4.78 is 6.97. The van der Waals surface area contributed by atoms with Crippen LogP contribution in [0.3, 0.4) is 0 Å². The molecule has 0 saturated carbocycles. The summed E-state index contributed by atoms with van der Waals surface area (Å²) >= 11 is 0. The predicted molar refractivity (Wildman–Crippen MR) is 260 cm³/mol. The summed E-state index contributed by atoms with van der Waals surface area (Å²) in [4.78, 5) is 0. The van der Waals surface area contributed by atoms with Crippen LogP contribution in [0.15, 0.2) is 223 Å². The van der Waals surface area contributed by atoms with E-state index in [1.807, 2.05) is 0 Å². The second kappa shape index (κ2) is 13.3. The van der Waals surface area contributed by atoms with Gasteiger partial charge in [-0.15, -0.1) is 0 Å². The average molecular weight is 773 g/mol. The Morgan fingerprint density at radius 3 is 1.34 bits per heavy atom. The highest BCUT2D eigenvalue weighted by atomic mass is 16.3. The molecule has 0 radical (unpaired) electrons. The third-order valence-electron chi connectivity index (χ3n) is 13.0. The van der Waals surface area contributed by atoms with Crippen LogP contribution < -0.4 is 0 Å². The monoisotopic (exact) mass is 772 g/mol. The van der Waals surface area contributed by atoms with E-state index in [0.717, 1.165) is 27.5 Å². The van der Waals surface area contributed by atoms with Gasteiger partial charge in [0.05, 0.1) is 0 Å². The molecule has 0 unspecified atom stereocenters. The van der Waals surface area contributed by atoms with Crippen LogP contribution in [0.4, 0.5) is 0 Å². The molecule has 0 fully saturated rings. The van der Waals surface area contributed by atoms with Gasteiger partial charge >= 0.3 is 0 Å². The van der Waals surface area contributed by atoms with E-state index in [1.54, 1.807) is 0 Å². The van der Waals surface area contributed by atoms with Gasteiger partial charge in [-0.25, -0.2) is 0 Å². The quantitative estimate of drug-likeness (QED) is 0.128. The maximum Gasteiger partial charge on any atom is 0.143 e. The third kappa shape index (κ3) is 5.08. The molecular weight excluding hydrogens is 737 g/mol. The molecule has 1 heterocycles. The minimum atomic E-state index is 0.891. The molecule has 13 aromatic rings. The highest BCUT2D eigenvalue weighted by molar-refractivity contribution is 6.28. The van der Waals surface area contributed by atoms with Gasteiger partial charge < -0.3 is 4.42 Å². The van der Waals surface area contributed by atoms with Crippen molar-refractivity contribution < 1.29 is 4.42 Å². The van der Waals surface area contributed by atoms with E-state index < -0.39 is 0 Å². The molecule has 0 bridgehead atoms. The number of fused-ring (bicyclic) bond motifs is 12. The number of furan rings is 1. The first-order valence-corrected chi connectivity index (χ1v) is 21.1. The molecule has 0 N–H and O–H groups in total. The first-order valence-electron chi connectivity index (χ1n) is 21.1. The van der Waals surface area contributed by atoms with Crippen LogP contribution >= 0.6 is 0 Å². The van der Waals surface area contributed by atoms with E-state index in [-0.39, 0.29) is 0 Å². The van der Waals surface area contributed by atoms with E-state index in [0.29, 0.717) is 0 Å². The van der Waals surface area contributed by atoms with Gasteiger partial charge in [0.2, 0.25) is 0 Å². The van der Waals surface area contributed by atoms with Crippen molar-refractivity contribution in [3.05, 3.63) is 218 Å². The first-order chi connectivity index (χ1) is 30.3. The molecule has 61 heavy (non-hydrogen) atoms. The maximum atomic E-state index is 6.97. The Morgan fingerprint density at radius 2 is 0.689 bits per heavy atom. The van der Waals surface area contributed by atoms with Crippen molar-refractivity contribution in [3.8, 4) is 44.5 Å². The fraction of sp³-hybridized carbons (Fsp3) is 0. The van der Waals surface area contributed by atoms with Crippen LogP contribution in [0, 0.1) is 0 Å². The summed E-state index contributed by atoms with van der Waals surface area (Å²) in [5.74, 6) is 0. The molecule has 0 spiro atoms. The highest BCUT2D eigenvalue weighted by Crippen LogP contribution is 2.50. The van der Waals surface area contributed by atoms with Crippen molar-refractivity contribution in [3.63, 3.8) is 0 Å². The summed E-state index contributed by atoms with van der Waals surface area (Å²) in [5.41, 5.74) is 11.3. The topological polar surface area (TPSA) is 13.1 Å².